The summed E-state index contributed by atoms with van der Waals surface area (Å²) >= 11 is 0. The summed E-state index contributed by atoms with van der Waals surface area (Å²) in [4.78, 5) is 13.5. The standard InChI is InChI=1S/C14H21NO/c1-4-7-9-10-13-15(12-6-3)14(16)11-8-5-2/h3-5,7H,2,8-13H2,1H3/b7-4+. The van der Waals surface area contributed by atoms with Crippen molar-refractivity contribution in [3.05, 3.63) is 24.8 Å². The van der Waals surface area contributed by atoms with Crippen LogP contribution in [0.1, 0.15) is 32.6 Å². The molecule has 0 aromatic rings. The Morgan fingerprint density at radius 1 is 1.50 bits per heavy atom. The number of carbonyl (C=O) groups is 1. The van der Waals surface area contributed by atoms with Crippen molar-refractivity contribution in [2.75, 3.05) is 13.1 Å². The van der Waals surface area contributed by atoms with E-state index in [9.17, 15) is 4.79 Å². The summed E-state index contributed by atoms with van der Waals surface area (Å²) in [5.74, 6) is 2.65. The number of carbonyl (C=O) groups excluding carboxylic acids is 1. The maximum atomic E-state index is 11.7. The van der Waals surface area contributed by atoms with Crippen LogP contribution in [0.4, 0.5) is 0 Å². The van der Waals surface area contributed by atoms with E-state index in [1.54, 1.807) is 11.0 Å². The third kappa shape index (κ3) is 6.89. The van der Waals surface area contributed by atoms with Crippen molar-refractivity contribution in [2.45, 2.75) is 32.6 Å². The highest BCUT2D eigenvalue weighted by molar-refractivity contribution is 5.76. The molecule has 0 spiro atoms. The van der Waals surface area contributed by atoms with Crippen LogP contribution in [0.15, 0.2) is 24.8 Å². The molecule has 0 unspecified atom stereocenters. The second-order valence-electron chi connectivity index (χ2n) is 3.56. The molecule has 0 fully saturated rings. The van der Waals surface area contributed by atoms with Crippen molar-refractivity contribution < 1.29 is 4.79 Å². The zero-order chi connectivity index (χ0) is 12.2. The summed E-state index contributed by atoms with van der Waals surface area (Å²) in [6.07, 6.45) is 14.3. The van der Waals surface area contributed by atoms with Gasteiger partial charge in [0, 0.05) is 13.0 Å². The predicted octanol–water partition coefficient (Wildman–Crippen LogP) is 2.77. The molecule has 0 aliphatic carbocycles. The molecule has 0 aliphatic heterocycles. The summed E-state index contributed by atoms with van der Waals surface area (Å²) in [6, 6.07) is 0. The molecule has 0 radical (unpaired) electrons. The van der Waals surface area contributed by atoms with E-state index in [-0.39, 0.29) is 5.91 Å². The average molecular weight is 219 g/mol. The monoisotopic (exact) mass is 219 g/mol. The maximum Gasteiger partial charge on any atom is 0.223 e. The van der Waals surface area contributed by atoms with Gasteiger partial charge in [-0.15, -0.1) is 13.0 Å². The molecule has 0 N–H and O–H groups in total. The minimum atomic E-state index is 0.123. The van der Waals surface area contributed by atoms with Gasteiger partial charge in [-0.3, -0.25) is 4.79 Å². The van der Waals surface area contributed by atoms with Crippen LogP contribution in [0.3, 0.4) is 0 Å². The molecule has 0 aromatic heterocycles. The molecule has 2 heteroatoms. The van der Waals surface area contributed by atoms with Crippen LogP contribution < -0.4 is 0 Å². The van der Waals surface area contributed by atoms with Gasteiger partial charge in [0.15, 0.2) is 0 Å². The number of allylic oxidation sites excluding steroid dienone is 3. The molecular weight excluding hydrogens is 198 g/mol. The minimum absolute atomic E-state index is 0.123. The molecule has 0 aliphatic rings. The van der Waals surface area contributed by atoms with E-state index < -0.39 is 0 Å². The summed E-state index contributed by atoms with van der Waals surface area (Å²) < 4.78 is 0. The quantitative estimate of drug-likeness (QED) is 0.349. The third-order valence-electron chi connectivity index (χ3n) is 2.23. The highest BCUT2D eigenvalue weighted by Gasteiger charge is 2.10. The first kappa shape index (κ1) is 14.5. The lowest BCUT2D eigenvalue weighted by Crippen LogP contribution is -2.32. The van der Waals surface area contributed by atoms with Crippen LogP contribution in [-0.4, -0.2) is 23.9 Å². The molecule has 0 saturated heterocycles. The lowest BCUT2D eigenvalue weighted by Gasteiger charge is -2.19. The number of unbranched alkanes of at least 4 members (excludes halogenated alkanes) is 1. The number of amides is 1. The zero-order valence-electron chi connectivity index (χ0n) is 10.1. The molecule has 88 valence electrons. The Morgan fingerprint density at radius 2 is 2.25 bits per heavy atom. The first-order valence-corrected chi connectivity index (χ1v) is 5.69. The second-order valence-corrected chi connectivity index (χ2v) is 3.56. The molecule has 0 atom stereocenters. The summed E-state index contributed by atoms with van der Waals surface area (Å²) in [5, 5.41) is 0. The van der Waals surface area contributed by atoms with Gasteiger partial charge in [0.2, 0.25) is 5.91 Å². The van der Waals surface area contributed by atoms with Crippen LogP contribution in [0.5, 0.6) is 0 Å². The van der Waals surface area contributed by atoms with E-state index in [2.05, 4.69) is 18.6 Å². The van der Waals surface area contributed by atoms with Gasteiger partial charge >= 0.3 is 0 Å². The molecule has 2 nitrogen and oxygen atoms in total. The summed E-state index contributed by atoms with van der Waals surface area (Å²) in [7, 11) is 0. The Balaban J connectivity index is 4.00. The first-order valence-electron chi connectivity index (χ1n) is 5.69. The van der Waals surface area contributed by atoms with Crippen molar-refractivity contribution in [1.29, 1.82) is 0 Å². The molecule has 0 aromatic carbocycles. The van der Waals surface area contributed by atoms with Crippen LogP contribution in [0.25, 0.3) is 0 Å². The van der Waals surface area contributed by atoms with Crippen LogP contribution in [0.2, 0.25) is 0 Å². The molecule has 0 rings (SSSR count). The lowest BCUT2D eigenvalue weighted by atomic mass is 10.2. The largest absolute Gasteiger partial charge is 0.332 e. The maximum absolute atomic E-state index is 11.7. The predicted molar refractivity (Wildman–Crippen MR) is 68.9 cm³/mol. The van der Waals surface area contributed by atoms with Crippen LogP contribution in [-0.2, 0) is 4.79 Å². The molecule has 0 bridgehead atoms. The highest BCUT2D eigenvalue weighted by atomic mass is 16.2. The normalized spacial score (nSPS) is 10.0. The van der Waals surface area contributed by atoms with Gasteiger partial charge in [0.25, 0.3) is 0 Å². The van der Waals surface area contributed by atoms with Gasteiger partial charge < -0.3 is 4.90 Å². The molecule has 0 heterocycles. The topological polar surface area (TPSA) is 20.3 Å². The molecule has 0 saturated carbocycles. The number of terminal acetylenes is 1. The smallest absolute Gasteiger partial charge is 0.223 e. The average Bonchev–Trinajstić information content (AvgIpc) is 2.30. The fourth-order valence-corrected chi connectivity index (χ4v) is 1.35. The van der Waals surface area contributed by atoms with Gasteiger partial charge in [-0.25, -0.2) is 0 Å². The lowest BCUT2D eigenvalue weighted by molar-refractivity contribution is -0.130. The van der Waals surface area contributed by atoms with E-state index in [4.69, 9.17) is 6.42 Å². The Hall–Kier alpha value is -1.49. The minimum Gasteiger partial charge on any atom is -0.332 e. The fourth-order valence-electron chi connectivity index (χ4n) is 1.35. The second kappa shape index (κ2) is 10.0. The van der Waals surface area contributed by atoms with Gasteiger partial charge in [0.1, 0.15) is 0 Å². The van der Waals surface area contributed by atoms with Crippen LogP contribution in [0, 0.1) is 12.3 Å². The van der Waals surface area contributed by atoms with E-state index in [1.807, 2.05) is 13.0 Å². The van der Waals surface area contributed by atoms with Crippen molar-refractivity contribution in [3.63, 3.8) is 0 Å². The van der Waals surface area contributed by atoms with Gasteiger partial charge in [0.05, 0.1) is 6.54 Å². The van der Waals surface area contributed by atoms with Gasteiger partial charge in [-0.1, -0.05) is 24.1 Å². The van der Waals surface area contributed by atoms with Crippen molar-refractivity contribution in [3.8, 4) is 12.3 Å². The molecule has 1 amide bonds. The number of hydrogen-bond donors (Lipinski definition) is 0. The summed E-state index contributed by atoms with van der Waals surface area (Å²) in [6.45, 7) is 6.75. The SMILES string of the molecule is C#CCN(CCC/C=C/C)C(=O)CCC=C. The molecular formula is C14H21NO. The summed E-state index contributed by atoms with van der Waals surface area (Å²) in [5.41, 5.74) is 0. The highest BCUT2D eigenvalue weighted by Crippen LogP contribution is 2.02. The number of rotatable bonds is 8. The Morgan fingerprint density at radius 3 is 2.81 bits per heavy atom. The van der Waals surface area contributed by atoms with Crippen molar-refractivity contribution >= 4 is 5.91 Å². The van der Waals surface area contributed by atoms with Gasteiger partial charge in [-0.2, -0.15) is 0 Å². The third-order valence-corrected chi connectivity index (χ3v) is 2.23. The number of hydrogen-bond acceptors (Lipinski definition) is 1. The first-order chi connectivity index (χ1) is 7.76. The van der Waals surface area contributed by atoms with E-state index >= 15 is 0 Å². The Kier molecular flexibility index (Phi) is 9.11. The van der Waals surface area contributed by atoms with Crippen LogP contribution >= 0.6 is 0 Å². The Bertz CT molecular complexity index is 273. The Labute approximate surface area is 99.0 Å². The fraction of sp³-hybridized carbons (Fsp3) is 0.500. The number of nitrogens with zero attached hydrogens (tertiary/aromatic N) is 1. The van der Waals surface area contributed by atoms with Crippen molar-refractivity contribution in [1.82, 2.24) is 4.90 Å². The molecule has 16 heavy (non-hydrogen) atoms. The van der Waals surface area contributed by atoms with E-state index in [0.717, 1.165) is 25.8 Å². The van der Waals surface area contributed by atoms with Gasteiger partial charge in [-0.05, 0) is 26.2 Å². The van der Waals surface area contributed by atoms with E-state index in [0.29, 0.717) is 13.0 Å². The van der Waals surface area contributed by atoms with E-state index in [1.165, 1.54) is 0 Å². The zero-order valence-corrected chi connectivity index (χ0v) is 10.1. The van der Waals surface area contributed by atoms with Crippen molar-refractivity contribution in [2.24, 2.45) is 0 Å².